The summed E-state index contributed by atoms with van der Waals surface area (Å²) < 4.78 is 0. The monoisotopic (exact) mass is 450 g/mol. The smallest absolute Gasteiger partial charge is 0.273 e. The Hall–Kier alpha value is -3.41. The van der Waals surface area contributed by atoms with Crippen LogP contribution in [0.25, 0.3) is 6.08 Å². The van der Waals surface area contributed by atoms with Crippen molar-refractivity contribution in [2.75, 3.05) is 4.90 Å². The molecule has 0 saturated carbocycles. The van der Waals surface area contributed by atoms with Crippen LogP contribution in [-0.4, -0.2) is 17.8 Å². The third kappa shape index (κ3) is 4.38. The number of imide groups is 2. The maximum Gasteiger partial charge on any atom is 0.335 e. The van der Waals surface area contributed by atoms with Crippen molar-refractivity contribution in [3.8, 4) is 0 Å². The third-order valence-corrected chi connectivity index (χ3v) is 5.47. The van der Waals surface area contributed by atoms with Crippen LogP contribution in [0.5, 0.6) is 0 Å². The molecule has 0 aliphatic carbocycles. The molecule has 0 unspecified atom stereocenters. The largest absolute Gasteiger partial charge is 0.335 e. The van der Waals surface area contributed by atoms with E-state index in [0.29, 0.717) is 22.0 Å². The topological polar surface area (TPSA) is 66.5 Å². The molecule has 3 aromatic carbocycles. The van der Waals surface area contributed by atoms with Gasteiger partial charge in [-0.2, -0.15) is 0 Å². The van der Waals surface area contributed by atoms with Crippen molar-refractivity contribution in [1.82, 2.24) is 5.32 Å². The van der Waals surface area contributed by atoms with Crippen molar-refractivity contribution in [3.05, 3.63) is 105 Å². The number of nitrogens with one attached hydrogen (secondary N) is 1. The highest BCUT2D eigenvalue weighted by Crippen LogP contribution is 2.26. The molecule has 3 aromatic rings. The van der Waals surface area contributed by atoms with Crippen molar-refractivity contribution in [2.24, 2.45) is 0 Å². The average molecular weight is 451 g/mol. The summed E-state index contributed by atoms with van der Waals surface area (Å²) in [7, 11) is 0. The van der Waals surface area contributed by atoms with Gasteiger partial charge in [-0.25, -0.2) is 9.69 Å². The number of rotatable bonds is 4. The molecule has 1 aliphatic rings. The van der Waals surface area contributed by atoms with Crippen LogP contribution in [0.3, 0.4) is 0 Å². The predicted molar refractivity (Wildman–Crippen MR) is 121 cm³/mol. The summed E-state index contributed by atoms with van der Waals surface area (Å²) in [5, 5.41) is 3.22. The molecule has 1 aliphatic heterocycles. The maximum absolute atomic E-state index is 13.1. The number of hydrogen-bond acceptors (Lipinski definition) is 3. The number of nitrogens with zero attached hydrogens (tertiary/aromatic N) is 1. The van der Waals surface area contributed by atoms with Gasteiger partial charge in [0.1, 0.15) is 5.57 Å². The summed E-state index contributed by atoms with van der Waals surface area (Å²) in [4.78, 5) is 38.8. The van der Waals surface area contributed by atoms with E-state index in [1.165, 1.54) is 12.1 Å². The average Bonchev–Trinajstić information content (AvgIpc) is 2.74. The van der Waals surface area contributed by atoms with E-state index in [4.69, 9.17) is 23.2 Å². The van der Waals surface area contributed by atoms with Gasteiger partial charge in [-0.3, -0.25) is 14.9 Å². The summed E-state index contributed by atoms with van der Waals surface area (Å²) in [6.45, 7) is 0. The Kier molecular flexibility index (Phi) is 5.89. The Bertz CT molecular complexity index is 1240. The minimum absolute atomic E-state index is 0.147. The van der Waals surface area contributed by atoms with Gasteiger partial charge in [0.15, 0.2) is 0 Å². The molecule has 0 radical (unpaired) electrons. The van der Waals surface area contributed by atoms with Crippen molar-refractivity contribution in [2.45, 2.75) is 6.42 Å². The fraction of sp³-hybridized carbons (Fsp3) is 0.0417. The SMILES string of the molecule is O=C1NC(=O)N(c2cccc(Cl)c2)C(=O)/C1=C/c1ccccc1Cc1ccccc1Cl. The van der Waals surface area contributed by atoms with E-state index in [1.807, 2.05) is 42.5 Å². The van der Waals surface area contributed by atoms with Crippen LogP contribution in [-0.2, 0) is 16.0 Å². The number of barbiturate groups is 1. The number of urea groups is 1. The Morgan fingerprint density at radius 2 is 1.55 bits per heavy atom. The Morgan fingerprint density at radius 1 is 0.839 bits per heavy atom. The zero-order valence-electron chi connectivity index (χ0n) is 16.1. The molecule has 1 heterocycles. The summed E-state index contributed by atoms with van der Waals surface area (Å²) >= 11 is 12.3. The van der Waals surface area contributed by atoms with Gasteiger partial charge in [0.05, 0.1) is 5.69 Å². The first-order valence-corrected chi connectivity index (χ1v) is 10.2. The lowest BCUT2D eigenvalue weighted by atomic mass is 9.97. The highest BCUT2D eigenvalue weighted by atomic mass is 35.5. The van der Waals surface area contributed by atoms with Gasteiger partial charge < -0.3 is 0 Å². The van der Waals surface area contributed by atoms with Crippen LogP contribution in [0.4, 0.5) is 10.5 Å². The van der Waals surface area contributed by atoms with E-state index in [1.54, 1.807) is 24.3 Å². The lowest BCUT2D eigenvalue weighted by Gasteiger charge is -2.26. The number of benzene rings is 3. The van der Waals surface area contributed by atoms with Gasteiger partial charge in [0.2, 0.25) is 0 Å². The molecule has 1 N–H and O–H groups in total. The molecular weight excluding hydrogens is 435 g/mol. The van der Waals surface area contributed by atoms with Crippen molar-refractivity contribution >= 4 is 52.8 Å². The summed E-state index contributed by atoms with van der Waals surface area (Å²) in [5.41, 5.74) is 2.62. The second kappa shape index (κ2) is 8.76. The van der Waals surface area contributed by atoms with Gasteiger partial charge >= 0.3 is 6.03 Å². The van der Waals surface area contributed by atoms with Crippen LogP contribution in [0.15, 0.2) is 78.4 Å². The maximum atomic E-state index is 13.1. The van der Waals surface area contributed by atoms with E-state index in [2.05, 4.69) is 5.32 Å². The normalized spacial score (nSPS) is 15.4. The highest BCUT2D eigenvalue weighted by molar-refractivity contribution is 6.39. The fourth-order valence-electron chi connectivity index (χ4n) is 3.35. The second-order valence-corrected chi connectivity index (χ2v) is 7.75. The molecule has 0 bridgehead atoms. The van der Waals surface area contributed by atoms with Crippen LogP contribution < -0.4 is 10.2 Å². The molecule has 0 aromatic heterocycles. The number of carbonyl (C=O) groups is 3. The molecular formula is C24H16Cl2N2O3. The number of amides is 4. The number of halogens is 2. The van der Waals surface area contributed by atoms with Gasteiger partial charge in [0.25, 0.3) is 11.8 Å². The summed E-state index contributed by atoms with van der Waals surface area (Å²) in [5.74, 6) is -1.47. The lowest BCUT2D eigenvalue weighted by molar-refractivity contribution is -0.122. The van der Waals surface area contributed by atoms with Crippen molar-refractivity contribution in [1.29, 1.82) is 0 Å². The van der Waals surface area contributed by atoms with Gasteiger partial charge in [-0.05, 0) is 53.5 Å². The first-order chi connectivity index (χ1) is 14.9. The molecule has 5 nitrogen and oxygen atoms in total. The highest BCUT2D eigenvalue weighted by Gasteiger charge is 2.37. The second-order valence-electron chi connectivity index (χ2n) is 6.90. The lowest BCUT2D eigenvalue weighted by Crippen LogP contribution is -2.54. The first kappa shape index (κ1) is 20.8. The predicted octanol–water partition coefficient (Wildman–Crippen LogP) is 5.25. The Balaban J connectivity index is 1.73. The summed E-state index contributed by atoms with van der Waals surface area (Å²) in [6.07, 6.45) is 2.01. The van der Waals surface area contributed by atoms with E-state index < -0.39 is 17.8 Å². The molecule has 31 heavy (non-hydrogen) atoms. The molecule has 0 atom stereocenters. The number of carbonyl (C=O) groups excluding carboxylic acids is 3. The first-order valence-electron chi connectivity index (χ1n) is 9.42. The van der Waals surface area contributed by atoms with Crippen molar-refractivity contribution in [3.63, 3.8) is 0 Å². The molecule has 7 heteroatoms. The molecule has 1 saturated heterocycles. The zero-order valence-corrected chi connectivity index (χ0v) is 17.7. The third-order valence-electron chi connectivity index (χ3n) is 4.86. The van der Waals surface area contributed by atoms with Crippen LogP contribution in [0.1, 0.15) is 16.7 Å². The fourth-order valence-corrected chi connectivity index (χ4v) is 3.73. The Labute approximate surface area is 188 Å². The molecule has 0 spiro atoms. The van der Waals surface area contributed by atoms with E-state index in [-0.39, 0.29) is 11.3 Å². The minimum Gasteiger partial charge on any atom is -0.273 e. The zero-order chi connectivity index (χ0) is 22.0. The van der Waals surface area contributed by atoms with E-state index >= 15 is 0 Å². The van der Waals surface area contributed by atoms with Crippen LogP contribution >= 0.6 is 23.2 Å². The number of hydrogen-bond donors (Lipinski definition) is 1. The molecule has 1 fully saturated rings. The summed E-state index contributed by atoms with van der Waals surface area (Å²) in [6, 6.07) is 20.4. The number of anilines is 1. The Morgan fingerprint density at radius 3 is 2.29 bits per heavy atom. The molecule has 154 valence electrons. The van der Waals surface area contributed by atoms with Crippen molar-refractivity contribution < 1.29 is 14.4 Å². The van der Waals surface area contributed by atoms with Gasteiger partial charge in [0, 0.05) is 10.0 Å². The minimum atomic E-state index is -0.821. The quantitative estimate of drug-likeness (QED) is 0.435. The van der Waals surface area contributed by atoms with E-state index in [0.717, 1.165) is 16.0 Å². The van der Waals surface area contributed by atoms with E-state index in [9.17, 15) is 14.4 Å². The molecule has 4 rings (SSSR count). The van der Waals surface area contributed by atoms with Gasteiger partial charge in [-0.15, -0.1) is 0 Å². The van der Waals surface area contributed by atoms with Crippen LogP contribution in [0, 0.1) is 0 Å². The molecule has 4 amide bonds. The standard InChI is InChI=1S/C24H16Cl2N2O3/c25-18-9-5-10-19(14-18)28-23(30)20(22(29)27-24(28)31)13-16-7-2-1-6-15(16)12-17-8-3-4-11-21(17)26/h1-11,13-14H,12H2,(H,27,29,31)/b20-13+. The van der Waals surface area contributed by atoms with Crippen LogP contribution in [0.2, 0.25) is 10.0 Å². The van der Waals surface area contributed by atoms with Gasteiger partial charge in [-0.1, -0.05) is 71.7 Å².